The second-order valence-corrected chi connectivity index (χ2v) is 3.06. The van der Waals surface area contributed by atoms with Gasteiger partial charge in [0.05, 0.1) is 6.54 Å². The lowest BCUT2D eigenvalue weighted by molar-refractivity contribution is 0.565. The standard InChI is InChI=1S/C11H9N3O/c15-9-12-11-6-7-14(13-11)8-10-4-2-1-3-5-10/h1-7H,8H2. The Morgan fingerprint density at radius 2 is 2.07 bits per heavy atom. The first kappa shape index (κ1) is 9.37. The van der Waals surface area contributed by atoms with Crippen LogP contribution in [-0.2, 0) is 11.3 Å². The van der Waals surface area contributed by atoms with Gasteiger partial charge in [0.2, 0.25) is 6.08 Å². The zero-order chi connectivity index (χ0) is 10.5. The van der Waals surface area contributed by atoms with E-state index in [0.717, 1.165) is 5.56 Å². The minimum Gasteiger partial charge on any atom is -0.266 e. The number of nitrogens with zero attached hydrogens (tertiary/aromatic N) is 3. The van der Waals surface area contributed by atoms with E-state index in [1.165, 1.54) is 6.08 Å². The van der Waals surface area contributed by atoms with Gasteiger partial charge in [-0.2, -0.15) is 5.10 Å². The second-order valence-electron chi connectivity index (χ2n) is 3.06. The van der Waals surface area contributed by atoms with Crippen LogP contribution in [0, 0.1) is 0 Å². The molecular weight excluding hydrogens is 190 g/mol. The Morgan fingerprint density at radius 3 is 2.80 bits per heavy atom. The molecule has 0 atom stereocenters. The summed E-state index contributed by atoms with van der Waals surface area (Å²) in [5.41, 5.74) is 1.15. The van der Waals surface area contributed by atoms with Crippen LogP contribution in [0.2, 0.25) is 0 Å². The molecule has 0 fully saturated rings. The summed E-state index contributed by atoms with van der Waals surface area (Å²) in [5.74, 6) is 0.390. The number of benzene rings is 1. The van der Waals surface area contributed by atoms with Gasteiger partial charge in [-0.05, 0) is 5.56 Å². The number of isocyanates is 1. The number of carbonyl (C=O) groups excluding carboxylic acids is 1. The van der Waals surface area contributed by atoms with E-state index < -0.39 is 0 Å². The summed E-state index contributed by atoms with van der Waals surface area (Å²) in [5, 5.41) is 4.08. The molecule has 0 saturated heterocycles. The molecular formula is C11H9N3O. The number of hydrogen-bond acceptors (Lipinski definition) is 3. The fourth-order valence-corrected chi connectivity index (χ4v) is 1.32. The number of aromatic nitrogens is 2. The van der Waals surface area contributed by atoms with Crippen molar-refractivity contribution >= 4 is 11.9 Å². The zero-order valence-corrected chi connectivity index (χ0v) is 8.00. The molecule has 1 aromatic carbocycles. The van der Waals surface area contributed by atoms with Gasteiger partial charge in [0.25, 0.3) is 0 Å². The van der Waals surface area contributed by atoms with E-state index in [4.69, 9.17) is 0 Å². The predicted octanol–water partition coefficient (Wildman–Crippen LogP) is 1.90. The molecule has 0 saturated carbocycles. The average Bonchev–Trinajstić information content (AvgIpc) is 2.68. The quantitative estimate of drug-likeness (QED) is 0.560. The molecule has 2 aromatic rings. The Bertz CT molecular complexity index is 484. The highest BCUT2D eigenvalue weighted by Gasteiger charge is 1.97. The summed E-state index contributed by atoms with van der Waals surface area (Å²) in [6.07, 6.45) is 3.24. The molecule has 2 rings (SSSR count). The van der Waals surface area contributed by atoms with Gasteiger partial charge in [0.15, 0.2) is 5.82 Å². The van der Waals surface area contributed by atoms with Crippen molar-refractivity contribution in [3.8, 4) is 0 Å². The molecule has 0 spiro atoms. The number of rotatable bonds is 3. The third-order valence-corrected chi connectivity index (χ3v) is 1.97. The van der Waals surface area contributed by atoms with Crippen molar-refractivity contribution in [2.24, 2.45) is 4.99 Å². The van der Waals surface area contributed by atoms with Crippen molar-refractivity contribution in [3.05, 3.63) is 48.2 Å². The fraction of sp³-hybridized carbons (Fsp3) is 0.0909. The third-order valence-electron chi connectivity index (χ3n) is 1.97. The van der Waals surface area contributed by atoms with Crippen LogP contribution >= 0.6 is 0 Å². The normalized spacial score (nSPS) is 9.60. The van der Waals surface area contributed by atoms with Gasteiger partial charge in [0, 0.05) is 12.3 Å². The highest BCUT2D eigenvalue weighted by molar-refractivity contribution is 5.43. The maximum atomic E-state index is 10.0. The monoisotopic (exact) mass is 199 g/mol. The maximum Gasteiger partial charge on any atom is 0.242 e. The Hall–Kier alpha value is -2.19. The summed E-state index contributed by atoms with van der Waals surface area (Å²) in [7, 11) is 0. The van der Waals surface area contributed by atoms with Gasteiger partial charge in [-0.25, -0.2) is 4.79 Å². The van der Waals surface area contributed by atoms with Crippen LogP contribution in [0.15, 0.2) is 47.6 Å². The largest absolute Gasteiger partial charge is 0.266 e. The summed E-state index contributed by atoms with van der Waals surface area (Å²) < 4.78 is 1.73. The highest BCUT2D eigenvalue weighted by atomic mass is 16.1. The average molecular weight is 199 g/mol. The predicted molar refractivity (Wildman–Crippen MR) is 55.6 cm³/mol. The molecule has 0 aliphatic carbocycles. The van der Waals surface area contributed by atoms with Gasteiger partial charge < -0.3 is 0 Å². The molecule has 4 nitrogen and oxygen atoms in total. The molecule has 1 heterocycles. The maximum absolute atomic E-state index is 10.0. The molecule has 1 aromatic heterocycles. The van der Waals surface area contributed by atoms with Crippen molar-refractivity contribution < 1.29 is 4.79 Å². The van der Waals surface area contributed by atoms with Crippen molar-refractivity contribution in [1.29, 1.82) is 0 Å². The van der Waals surface area contributed by atoms with Gasteiger partial charge in [-0.3, -0.25) is 4.68 Å². The summed E-state index contributed by atoms with van der Waals surface area (Å²) >= 11 is 0. The molecule has 15 heavy (non-hydrogen) atoms. The van der Waals surface area contributed by atoms with Gasteiger partial charge >= 0.3 is 0 Å². The molecule has 74 valence electrons. The minimum absolute atomic E-state index is 0.390. The van der Waals surface area contributed by atoms with Crippen molar-refractivity contribution in [3.63, 3.8) is 0 Å². The molecule has 0 bridgehead atoms. The molecule has 4 heteroatoms. The van der Waals surface area contributed by atoms with E-state index in [-0.39, 0.29) is 0 Å². The van der Waals surface area contributed by atoms with Crippen molar-refractivity contribution in [1.82, 2.24) is 9.78 Å². The summed E-state index contributed by atoms with van der Waals surface area (Å²) in [4.78, 5) is 13.4. The second kappa shape index (κ2) is 4.35. The Labute approximate surface area is 86.9 Å². The Balaban J connectivity index is 2.15. The Kier molecular flexibility index (Phi) is 2.72. The first-order valence-electron chi connectivity index (χ1n) is 4.54. The van der Waals surface area contributed by atoms with Gasteiger partial charge in [-0.15, -0.1) is 4.99 Å². The molecule has 0 unspecified atom stereocenters. The molecule has 0 radical (unpaired) electrons. The topological polar surface area (TPSA) is 47.2 Å². The van der Waals surface area contributed by atoms with Crippen LogP contribution in [0.25, 0.3) is 0 Å². The Morgan fingerprint density at radius 1 is 1.27 bits per heavy atom. The number of aliphatic imine (C=N–C) groups is 1. The van der Waals surface area contributed by atoms with E-state index >= 15 is 0 Å². The van der Waals surface area contributed by atoms with E-state index in [0.29, 0.717) is 12.4 Å². The van der Waals surface area contributed by atoms with Gasteiger partial charge in [-0.1, -0.05) is 30.3 Å². The molecule has 0 N–H and O–H groups in total. The lowest BCUT2D eigenvalue weighted by Gasteiger charge is -2.00. The lowest BCUT2D eigenvalue weighted by Crippen LogP contribution is -1.99. The first-order valence-corrected chi connectivity index (χ1v) is 4.54. The van der Waals surface area contributed by atoms with E-state index in [1.807, 2.05) is 30.3 Å². The molecule has 0 amide bonds. The third kappa shape index (κ3) is 2.39. The van der Waals surface area contributed by atoms with Crippen LogP contribution in [0.4, 0.5) is 5.82 Å². The van der Waals surface area contributed by atoms with Gasteiger partial charge in [0.1, 0.15) is 0 Å². The fourth-order valence-electron chi connectivity index (χ4n) is 1.32. The van der Waals surface area contributed by atoms with Crippen LogP contribution < -0.4 is 0 Å². The summed E-state index contributed by atoms with van der Waals surface area (Å²) in [6.45, 7) is 0.676. The number of hydrogen-bond donors (Lipinski definition) is 0. The molecule has 0 aliphatic rings. The highest BCUT2D eigenvalue weighted by Crippen LogP contribution is 2.07. The summed E-state index contributed by atoms with van der Waals surface area (Å²) in [6, 6.07) is 11.6. The SMILES string of the molecule is O=C=Nc1ccn(Cc2ccccc2)n1. The van der Waals surface area contributed by atoms with Crippen LogP contribution in [0.5, 0.6) is 0 Å². The smallest absolute Gasteiger partial charge is 0.242 e. The van der Waals surface area contributed by atoms with E-state index in [2.05, 4.69) is 10.1 Å². The van der Waals surface area contributed by atoms with Crippen molar-refractivity contribution in [2.45, 2.75) is 6.54 Å². The van der Waals surface area contributed by atoms with Crippen LogP contribution in [0.1, 0.15) is 5.56 Å². The van der Waals surface area contributed by atoms with E-state index in [9.17, 15) is 4.79 Å². The van der Waals surface area contributed by atoms with Crippen molar-refractivity contribution in [2.75, 3.05) is 0 Å². The minimum atomic E-state index is 0.390. The molecule has 0 aliphatic heterocycles. The lowest BCUT2D eigenvalue weighted by atomic mass is 10.2. The van der Waals surface area contributed by atoms with Crippen LogP contribution in [-0.4, -0.2) is 15.9 Å². The van der Waals surface area contributed by atoms with E-state index in [1.54, 1.807) is 16.9 Å². The zero-order valence-electron chi connectivity index (χ0n) is 8.00. The first-order chi connectivity index (χ1) is 7.38. The van der Waals surface area contributed by atoms with Crippen LogP contribution in [0.3, 0.4) is 0 Å².